The molecular formula is C25H24O5. The Morgan fingerprint density at radius 1 is 0.900 bits per heavy atom. The van der Waals surface area contributed by atoms with Crippen molar-refractivity contribution < 1.29 is 24.1 Å². The number of aryl methyl sites for hydroxylation is 1. The Bertz CT molecular complexity index is 1000. The minimum atomic E-state index is -0.0930. The number of benzene rings is 3. The monoisotopic (exact) mass is 404 g/mol. The topological polar surface area (TPSA) is 65.0 Å². The van der Waals surface area contributed by atoms with Crippen LogP contribution in [-0.2, 0) is 11.2 Å². The molecule has 0 saturated heterocycles. The molecule has 0 heterocycles. The highest BCUT2D eigenvalue weighted by molar-refractivity contribution is 5.94. The first kappa shape index (κ1) is 21.0. The van der Waals surface area contributed by atoms with Gasteiger partial charge in [0, 0.05) is 24.1 Å². The third-order valence-corrected chi connectivity index (χ3v) is 4.55. The van der Waals surface area contributed by atoms with Crippen LogP contribution in [0.2, 0.25) is 0 Å². The fourth-order valence-corrected chi connectivity index (χ4v) is 2.94. The van der Waals surface area contributed by atoms with E-state index in [-0.39, 0.29) is 23.0 Å². The van der Waals surface area contributed by atoms with Crippen LogP contribution in [-0.4, -0.2) is 25.1 Å². The number of carbonyl (C=O) groups excluding carboxylic acids is 1. The predicted molar refractivity (Wildman–Crippen MR) is 117 cm³/mol. The minimum absolute atomic E-state index is 0.0432. The van der Waals surface area contributed by atoms with Gasteiger partial charge in [0.1, 0.15) is 11.5 Å². The van der Waals surface area contributed by atoms with E-state index in [4.69, 9.17) is 14.2 Å². The molecule has 0 radical (unpaired) electrons. The van der Waals surface area contributed by atoms with Gasteiger partial charge in [-0.1, -0.05) is 48.5 Å². The fourth-order valence-electron chi connectivity index (χ4n) is 2.94. The number of ketones is 1. The van der Waals surface area contributed by atoms with E-state index in [1.807, 2.05) is 48.5 Å². The number of aromatic hydroxyl groups is 1. The van der Waals surface area contributed by atoms with Gasteiger partial charge in [-0.2, -0.15) is 0 Å². The number of para-hydroxylation sites is 1. The Hall–Kier alpha value is -3.73. The molecule has 0 saturated carbocycles. The molecule has 1 N–H and O–H groups in total. The van der Waals surface area contributed by atoms with Crippen molar-refractivity contribution >= 4 is 11.9 Å². The minimum Gasteiger partial charge on any atom is -0.502 e. The number of phenols is 1. The van der Waals surface area contributed by atoms with E-state index >= 15 is 0 Å². The second kappa shape index (κ2) is 10.2. The van der Waals surface area contributed by atoms with Crippen LogP contribution in [0, 0.1) is 0 Å². The van der Waals surface area contributed by atoms with E-state index in [9.17, 15) is 9.90 Å². The molecule has 154 valence electrons. The number of ether oxygens (including phenoxy) is 3. The first-order valence-electron chi connectivity index (χ1n) is 9.57. The number of carbonyl (C=O) groups is 1. The number of allylic oxidation sites excluding steroid dienone is 1. The van der Waals surface area contributed by atoms with Gasteiger partial charge in [-0.3, -0.25) is 4.79 Å². The van der Waals surface area contributed by atoms with Crippen LogP contribution < -0.4 is 14.2 Å². The van der Waals surface area contributed by atoms with Crippen molar-refractivity contribution in [2.75, 3.05) is 14.2 Å². The Kier molecular flexibility index (Phi) is 7.11. The molecule has 0 unspecified atom stereocenters. The molecule has 0 spiro atoms. The number of hydrogen-bond acceptors (Lipinski definition) is 5. The van der Waals surface area contributed by atoms with Crippen LogP contribution in [0.1, 0.15) is 17.5 Å². The van der Waals surface area contributed by atoms with Gasteiger partial charge < -0.3 is 19.3 Å². The zero-order valence-electron chi connectivity index (χ0n) is 17.0. The molecule has 3 aromatic rings. The molecule has 0 amide bonds. The smallest absolute Gasteiger partial charge is 0.201 e. The van der Waals surface area contributed by atoms with E-state index < -0.39 is 0 Å². The lowest BCUT2D eigenvalue weighted by molar-refractivity contribution is -0.114. The van der Waals surface area contributed by atoms with Gasteiger partial charge in [-0.15, -0.1) is 0 Å². The average molecular weight is 404 g/mol. The summed E-state index contributed by atoms with van der Waals surface area (Å²) in [4.78, 5) is 12.3. The molecule has 3 rings (SSSR count). The van der Waals surface area contributed by atoms with Gasteiger partial charge in [0.2, 0.25) is 5.75 Å². The van der Waals surface area contributed by atoms with Crippen LogP contribution >= 0.6 is 0 Å². The average Bonchev–Trinajstić information content (AvgIpc) is 2.78. The summed E-state index contributed by atoms with van der Waals surface area (Å²) in [6.45, 7) is 0. The standard InChI is InChI=1S/C25H24O5/c1-28-23-16-21(17-24(29-2)25(23)27)30-22-11-7-6-10-19(22)13-15-20(26)14-12-18-8-4-3-5-9-18/h3-11,13,15-17,27H,12,14H2,1-2H3/b15-13+. The number of phenolic OH excluding ortho intramolecular Hbond substituents is 1. The Morgan fingerprint density at radius 2 is 1.53 bits per heavy atom. The molecule has 3 aromatic carbocycles. The summed E-state index contributed by atoms with van der Waals surface area (Å²) in [7, 11) is 2.91. The van der Waals surface area contributed by atoms with Gasteiger partial charge in [-0.05, 0) is 30.2 Å². The molecule has 5 nitrogen and oxygen atoms in total. The van der Waals surface area contributed by atoms with Crippen molar-refractivity contribution in [2.45, 2.75) is 12.8 Å². The van der Waals surface area contributed by atoms with Crippen molar-refractivity contribution in [3.63, 3.8) is 0 Å². The molecule has 0 aliphatic rings. The Balaban J connectivity index is 1.73. The fraction of sp³-hybridized carbons (Fsp3) is 0.160. The summed E-state index contributed by atoms with van der Waals surface area (Å²) in [5.74, 6) is 1.45. The summed E-state index contributed by atoms with van der Waals surface area (Å²) in [5, 5.41) is 10.1. The second-order valence-corrected chi connectivity index (χ2v) is 6.60. The molecule has 0 aliphatic carbocycles. The van der Waals surface area contributed by atoms with Gasteiger partial charge in [-0.25, -0.2) is 0 Å². The van der Waals surface area contributed by atoms with Crippen LogP contribution in [0.15, 0.2) is 72.8 Å². The van der Waals surface area contributed by atoms with E-state index in [0.717, 1.165) is 11.1 Å². The lowest BCUT2D eigenvalue weighted by Crippen LogP contribution is -1.96. The summed E-state index contributed by atoms with van der Waals surface area (Å²) < 4.78 is 16.3. The molecule has 0 aliphatic heterocycles. The lowest BCUT2D eigenvalue weighted by Gasteiger charge is -2.13. The van der Waals surface area contributed by atoms with E-state index in [2.05, 4.69) is 0 Å². The Morgan fingerprint density at radius 3 is 2.20 bits per heavy atom. The SMILES string of the molecule is COc1cc(Oc2ccccc2/C=C/C(=O)CCc2ccccc2)cc(OC)c1O. The molecule has 0 fully saturated rings. The third-order valence-electron chi connectivity index (χ3n) is 4.55. The van der Waals surface area contributed by atoms with Gasteiger partial charge in [0.25, 0.3) is 0 Å². The summed E-state index contributed by atoms with van der Waals surface area (Å²) in [6, 6.07) is 20.5. The van der Waals surface area contributed by atoms with E-state index in [1.165, 1.54) is 14.2 Å². The highest BCUT2D eigenvalue weighted by atomic mass is 16.5. The van der Waals surface area contributed by atoms with E-state index in [1.54, 1.807) is 30.4 Å². The quantitative estimate of drug-likeness (QED) is 0.483. The number of hydrogen-bond donors (Lipinski definition) is 1. The van der Waals surface area contributed by atoms with Crippen LogP contribution in [0.3, 0.4) is 0 Å². The second-order valence-electron chi connectivity index (χ2n) is 6.60. The first-order valence-corrected chi connectivity index (χ1v) is 9.57. The molecule has 5 heteroatoms. The highest BCUT2D eigenvalue weighted by Crippen LogP contribution is 2.41. The van der Waals surface area contributed by atoms with Crippen molar-refractivity contribution in [1.29, 1.82) is 0 Å². The third kappa shape index (κ3) is 5.41. The normalized spacial score (nSPS) is 10.7. The van der Waals surface area contributed by atoms with Crippen molar-refractivity contribution in [1.82, 2.24) is 0 Å². The Labute approximate surface area is 176 Å². The molecule has 30 heavy (non-hydrogen) atoms. The maximum absolute atomic E-state index is 12.3. The highest BCUT2D eigenvalue weighted by Gasteiger charge is 2.13. The largest absolute Gasteiger partial charge is 0.502 e. The van der Waals surface area contributed by atoms with Gasteiger partial charge in [0.05, 0.1) is 14.2 Å². The zero-order chi connectivity index (χ0) is 21.3. The van der Waals surface area contributed by atoms with Gasteiger partial charge in [0.15, 0.2) is 17.3 Å². The van der Waals surface area contributed by atoms with Crippen LogP contribution in [0.5, 0.6) is 28.7 Å². The summed E-state index contributed by atoms with van der Waals surface area (Å²) in [5.41, 5.74) is 1.90. The number of methoxy groups -OCH3 is 2. The maximum atomic E-state index is 12.3. The van der Waals surface area contributed by atoms with Crippen molar-refractivity contribution in [2.24, 2.45) is 0 Å². The summed E-state index contributed by atoms with van der Waals surface area (Å²) in [6.07, 6.45) is 4.46. The van der Waals surface area contributed by atoms with E-state index in [0.29, 0.717) is 24.3 Å². The molecule has 0 atom stereocenters. The van der Waals surface area contributed by atoms with Crippen LogP contribution in [0.4, 0.5) is 0 Å². The first-order chi connectivity index (χ1) is 14.6. The molecule has 0 bridgehead atoms. The van der Waals surface area contributed by atoms with Crippen molar-refractivity contribution in [3.05, 3.63) is 83.9 Å². The maximum Gasteiger partial charge on any atom is 0.201 e. The number of rotatable bonds is 9. The molecule has 0 aromatic heterocycles. The molecular weight excluding hydrogens is 380 g/mol. The van der Waals surface area contributed by atoms with Crippen LogP contribution in [0.25, 0.3) is 6.08 Å². The lowest BCUT2D eigenvalue weighted by atomic mass is 10.1. The van der Waals surface area contributed by atoms with Crippen molar-refractivity contribution in [3.8, 4) is 28.7 Å². The van der Waals surface area contributed by atoms with Gasteiger partial charge >= 0.3 is 0 Å². The summed E-state index contributed by atoms with van der Waals surface area (Å²) >= 11 is 0. The predicted octanol–water partition coefficient (Wildman–Crippen LogP) is 5.42. The zero-order valence-corrected chi connectivity index (χ0v) is 17.0.